The fraction of sp³-hybridized carbons (Fsp3) is 0.558. The third-order valence-electron chi connectivity index (χ3n) is 9.51. The van der Waals surface area contributed by atoms with Crippen molar-refractivity contribution in [3.63, 3.8) is 0 Å². The normalized spacial score (nSPS) is 20.6. The van der Waals surface area contributed by atoms with Gasteiger partial charge in [-0.3, -0.25) is 14.4 Å². The number of benzene rings is 3. The molecule has 1 saturated heterocycles. The first kappa shape index (κ1) is 46.3. The van der Waals surface area contributed by atoms with Crippen LogP contribution < -0.4 is 10.6 Å². The van der Waals surface area contributed by atoms with Crippen LogP contribution in [0.15, 0.2) is 64.8 Å². The second kappa shape index (κ2) is 21.1. The summed E-state index contributed by atoms with van der Waals surface area (Å²) in [6.45, 7) is 14.2. The van der Waals surface area contributed by atoms with E-state index in [9.17, 15) is 34.8 Å². The van der Waals surface area contributed by atoms with Crippen molar-refractivity contribution in [3.05, 3.63) is 65.7 Å². The van der Waals surface area contributed by atoms with Crippen LogP contribution in [0.1, 0.15) is 70.8 Å². The molecule has 3 aromatic rings. The summed E-state index contributed by atoms with van der Waals surface area (Å²) in [5.41, 5.74) is 1.78. The maximum absolute atomic E-state index is 13.3. The van der Waals surface area contributed by atoms with Crippen LogP contribution in [0, 0.1) is 16.7 Å². The molecule has 0 aliphatic carbocycles. The quantitative estimate of drug-likeness (QED) is 0.0708. The number of aliphatic hydroxyl groups is 3. The zero-order chi connectivity index (χ0) is 42.6. The third-order valence-corrected chi connectivity index (χ3v) is 9.51. The minimum absolute atomic E-state index is 0.00661. The van der Waals surface area contributed by atoms with E-state index in [1.165, 1.54) is 6.92 Å². The molecule has 1 heterocycles. The highest BCUT2D eigenvalue weighted by Gasteiger charge is 2.45. The average molecular weight is 809 g/mol. The van der Waals surface area contributed by atoms with Gasteiger partial charge in [-0.25, -0.2) is 0 Å². The van der Waals surface area contributed by atoms with E-state index >= 15 is 0 Å². The lowest BCUT2D eigenvalue weighted by Gasteiger charge is -2.42. The maximum Gasteiger partial charge on any atom is 0.251 e. The lowest BCUT2D eigenvalue weighted by molar-refractivity contribution is -0.272. The number of hydrogen-bond acceptors (Lipinski definition) is 13. The van der Waals surface area contributed by atoms with Crippen molar-refractivity contribution >= 4 is 39.7 Å². The number of aromatic hydroxyl groups is 1. The molecule has 4 rings (SSSR count). The van der Waals surface area contributed by atoms with Gasteiger partial charge in [0.15, 0.2) is 6.29 Å². The highest BCUT2D eigenvalue weighted by molar-refractivity contribution is 5.99. The van der Waals surface area contributed by atoms with Crippen LogP contribution in [0.3, 0.4) is 0 Å². The minimum Gasteiger partial charge on any atom is -0.506 e. The standard InChI is InChI=1S/C43H60N4O11/c1-26(49)45-36-38(52)37(51)35(25-48)58-41(36)57-19-18-56-17-16-55-15-14-44-40(54)30-10-9-29-23-32(12-11-28(29)22-30)46-47-33-21-27(8-13-34(33)50)20-31(24-42(2,3)4)39(53)43(5,6)7/h8-13,21-23,31,35-38,41,48,50-52H,14-20,24-25H2,1-7H3,(H,44,54)(H,45,49)/t31?,35?,36?,37-,38+,41+/m0/s1. The van der Waals surface area contributed by atoms with Crippen molar-refractivity contribution in [2.45, 2.75) is 92.0 Å². The first-order valence-corrected chi connectivity index (χ1v) is 19.6. The second-order valence-electron chi connectivity index (χ2n) is 16.8. The van der Waals surface area contributed by atoms with Crippen LogP contribution in [0.2, 0.25) is 0 Å². The van der Waals surface area contributed by atoms with E-state index in [0.717, 1.165) is 22.8 Å². The molecule has 0 radical (unpaired) electrons. The number of ether oxygens (including phenoxy) is 4. The number of Topliss-reactive ketones (excluding diaryl/α,β-unsaturated/α-hetero) is 1. The molecule has 3 unspecified atom stereocenters. The molecule has 0 spiro atoms. The number of fused-ring (bicyclic) bond motifs is 1. The average Bonchev–Trinajstić information content (AvgIpc) is 3.16. The Morgan fingerprint density at radius 2 is 1.52 bits per heavy atom. The van der Waals surface area contributed by atoms with E-state index in [-0.39, 0.29) is 68.4 Å². The summed E-state index contributed by atoms with van der Waals surface area (Å²) < 4.78 is 22.2. The molecule has 318 valence electrons. The number of ketones is 1. The summed E-state index contributed by atoms with van der Waals surface area (Å²) in [5, 5.41) is 56.2. The van der Waals surface area contributed by atoms with Crippen LogP contribution in [0.25, 0.3) is 10.8 Å². The predicted octanol–water partition coefficient (Wildman–Crippen LogP) is 4.89. The SMILES string of the molecule is CC(=O)NC1[C@H](OCCOCCOCCNC(=O)c2ccc3cc(N=Nc4cc(CC(CC(C)(C)C)C(=O)C(C)(C)C)ccc4O)ccc3c2)OC(CO)[C@H](O)[C@@H]1O. The molecule has 6 atom stereocenters. The van der Waals surface area contributed by atoms with Gasteiger partial charge in [-0.05, 0) is 71.0 Å². The number of amides is 2. The van der Waals surface area contributed by atoms with Crippen LogP contribution in [-0.2, 0) is 35.0 Å². The Morgan fingerprint density at radius 3 is 2.19 bits per heavy atom. The van der Waals surface area contributed by atoms with Gasteiger partial charge >= 0.3 is 0 Å². The van der Waals surface area contributed by atoms with Crippen molar-refractivity contribution in [2.75, 3.05) is 46.2 Å². The summed E-state index contributed by atoms with van der Waals surface area (Å²) >= 11 is 0. The van der Waals surface area contributed by atoms with Crippen molar-refractivity contribution in [1.29, 1.82) is 0 Å². The van der Waals surface area contributed by atoms with Gasteiger partial charge in [-0.1, -0.05) is 59.7 Å². The first-order chi connectivity index (χ1) is 27.4. The molecule has 1 fully saturated rings. The van der Waals surface area contributed by atoms with Crippen LogP contribution >= 0.6 is 0 Å². The molecule has 2 amide bonds. The van der Waals surface area contributed by atoms with Gasteiger partial charge in [0, 0.05) is 30.4 Å². The fourth-order valence-electron chi connectivity index (χ4n) is 6.71. The second-order valence-corrected chi connectivity index (χ2v) is 16.8. The lowest BCUT2D eigenvalue weighted by atomic mass is 9.73. The number of aliphatic hydroxyl groups excluding tert-OH is 3. The number of carbonyl (C=O) groups is 3. The summed E-state index contributed by atoms with van der Waals surface area (Å²) in [5.74, 6) is -0.664. The Kier molecular flexibility index (Phi) is 16.8. The first-order valence-electron chi connectivity index (χ1n) is 19.6. The van der Waals surface area contributed by atoms with Crippen LogP contribution in [-0.4, -0.2) is 115 Å². The molecular weight excluding hydrogens is 748 g/mol. The molecule has 58 heavy (non-hydrogen) atoms. The number of nitrogens with zero attached hydrogens (tertiary/aromatic N) is 2. The van der Waals surface area contributed by atoms with E-state index in [2.05, 4.69) is 41.6 Å². The number of carbonyl (C=O) groups excluding carboxylic acids is 3. The number of azo groups is 1. The Bertz CT molecular complexity index is 1870. The maximum atomic E-state index is 13.3. The van der Waals surface area contributed by atoms with E-state index < -0.39 is 48.6 Å². The van der Waals surface area contributed by atoms with Gasteiger partial charge < -0.3 is 50.0 Å². The van der Waals surface area contributed by atoms with Gasteiger partial charge in [0.1, 0.15) is 41.6 Å². The largest absolute Gasteiger partial charge is 0.506 e. The summed E-state index contributed by atoms with van der Waals surface area (Å²) in [6, 6.07) is 15.0. The summed E-state index contributed by atoms with van der Waals surface area (Å²) in [7, 11) is 0. The van der Waals surface area contributed by atoms with E-state index in [1.807, 2.05) is 45.0 Å². The van der Waals surface area contributed by atoms with Gasteiger partial charge in [0.05, 0.1) is 45.3 Å². The Hall–Kier alpha value is -4.35. The molecule has 6 N–H and O–H groups in total. The number of phenols is 1. The highest BCUT2D eigenvalue weighted by atomic mass is 16.7. The number of hydrogen-bond donors (Lipinski definition) is 6. The van der Waals surface area contributed by atoms with Gasteiger partial charge in [-0.15, -0.1) is 5.11 Å². The summed E-state index contributed by atoms with van der Waals surface area (Å²) in [4.78, 5) is 37.7. The number of nitrogens with one attached hydrogen (secondary N) is 2. The molecule has 0 saturated carbocycles. The van der Waals surface area contributed by atoms with Crippen LogP contribution in [0.5, 0.6) is 5.75 Å². The number of phenolic OH excluding ortho intramolecular Hbond substituents is 1. The fourth-order valence-corrected chi connectivity index (χ4v) is 6.71. The van der Waals surface area contributed by atoms with E-state index in [1.54, 1.807) is 30.3 Å². The Morgan fingerprint density at radius 1 is 0.845 bits per heavy atom. The van der Waals surface area contributed by atoms with Crippen molar-refractivity contribution in [3.8, 4) is 5.75 Å². The molecule has 0 aromatic heterocycles. The van der Waals surface area contributed by atoms with E-state index in [0.29, 0.717) is 23.4 Å². The molecular formula is C43H60N4O11. The van der Waals surface area contributed by atoms with E-state index in [4.69, 9.17) is 18.9 Å². The zero-order valence-electron chi connectivity index (χ0n) is 34.6. The molecule has 15 nitrogen and oxygen atoms in total. The molecule has 1 aliphatic rings. The Labute approximate surface area is 340 Å². The summed E-state index contributed by atoms with van der Waals surface area (Å²) in [6.07, 6.45) is -3.66. The lowest BCUT2D eigenvalue weighted by Crippen LogP contribution is -2.64. The van der Waals surface area contributed by atoms with Crippen LogP contribution in [0.4, 0.5) is 11.4 Å². The molecule has 15 heteroatoms. The predicted molar refractivity (Wildman–Crippen MR) is 217 cm³/mol. The monoisotopic (exact) mass is 808 g/mol. The zero-order valence-corrected chi connectivity index (χ0v) is 34.6. The van der Waals surface area contributed by atoms with Crippen molar-refractivity contribution < 1.29 is 53.8 Å². The van der Waals surface area contributed by atoms with Crippen molar-refractivity contribution in [1.82, 2.24) is 10.6 Å². The minimum atomic E-state index is -1.39. The highest BCUT2D eigenvalue weighted by Crippen LogP contribution is 2.35. The molecule has 0 bridgehead atoms. The molecule has 1 aliphatic heterocycles. The Balaban J connectivity index is 1.20. The number of rotatable bonds is 19. The van der Waals surface area contributed by atoms with Gasteiger partial charge in [0.25, 0.3) is 5.91 Å². The topological polar surface area (TPSA) is 218 Å². The van der Waals surface area contributed by atoms with Crippen molar-refractivity contribution in [2.24, 2.45) is 27.0 Å². The third kappa shape index (κ3) is 13.9. The molecule has 3 aromatic carbocycles. The smallest absolute Gasteiger partial charge is 0.251 e. The van der Waals surface area contributed by atoms with Gasteiger partial charge in [0.2, 0.25) is 5.91 Å². The van der Waals surface area contributed by atoms with Gasteiger partial charge in [-0.2, -0.15) is 5.11 Å².